The third kappa shape index (κ3) is 4.94. The topological polar surface area (TPSA) is 122 Å². The van der Waals surface area contributed by atoms with Crippen molar-refractivity contribution in [2.75, 3.05) is 11.9 Å². The third-order valence-electron chi connectivity index (χ3n) is 6.65. The molecule has 1 aromatic heterocycles. The molecule has 0 radical (unpaired) electrons. The highest BCUT2D eigenvalue weighted by Crippen LogP contribution is 2.32. The normalized spacial score (nSPS) is 17.4. The number of halogens is 1. The van der Waals surface area contributed by atoms with Crippen LogP contribution in [0.5, 0.6) is 0 Å². The Bertz CT molecular complexity index is 1180. The van der Waals surface area contributed by atoms with Crippen molar-refractivity contribution in [1.29, 1.82) is 0 Å². The first-order valence-electron chi connectivity index (χ1n) is 11.6. The highest BCUT2D eigenvalue weighted by atomic mass is 19.1. The number of amides is 1. The second-order valence-corrected chi connectivity index (χ2v) is 8.98. The van der Waals surface area contributed by atoms with Gasteiger partial charge in [-0.3, -0.25) is 23.5 Å². The largest absolute Gasteiger partial charge is 0.480 e. The lowest BCUT2D eigenvalue weighted by atomic mass is 9.95. The summed E-state index contributed by atoms with van der Waals surface area (Å²) in [5.74, 6) is -2.59. The van der Waals surface area contributed by atoms with E-state index in [9.17, 15) is 19.2 Å². The summed E-state index contributed by atoms with van der Waals surface area (Å²) in [7, 11) is 0. The van der Waals surface area contributed by atoms with E-state index in [1.807, 2.05) is 0 Å². The monoisotopic (exact) mass is 460 g/mol. The minimum atomic E-state index is -1.24. The summed E-state index contributed by atoms with van der Waals surface area (Å²) in [4.78, 5) is 49.4. The molecule has 1 heterocycles. The van der Waals surface area contributed by atoms with Gasteiger partial charge in [0.2, 0.25) is 5.91 Å². The van der Waals surface area contributed by atoms with Crippen LogP contribution in [0.3, 0.4) is 0 Å². The predicted molar refractivity (Wildman–Crippen MR) is 121 cm³/mol. The van der Waals surface area contributed by atoms with Crippen LogP contribution in [0.2, 0.25) is 0 Å². The highest BCUT2D eigenvalue weighted by molar-refractivity contribution is 5.84. The quantitative estimate of drug-likeness (QED) is 0.583. The fraction of sp³-hybridized carbons (Fsp3) is 0.565. The fourth-order valence-corrected chi connectivity index (χ4v) is 5.00. The number of nitrogens with zero attached hydrogens (tertiary/aromatic N) is 2. The molecule has 2 aliphatic rings. The minimum Gasteiger partial charge on any atom is -0.480 e. The Kier molecular flexibility index (Phi) is 6.80. The van der Waals surface area contributed by atoms with E-state index in [1.54, 1.807) is 6.07 Å². The molecule has 0 unspecified atom stereocenters. The van der Waals surface area contributed by atoms with Crippen LogP contribution < -0.4 is 21.9 Å². The number of carbonyl (C=O) groups is 2. The van der Waals surface area contributed by atoms with Gasteiger partial charge in [0.25, 0.3) is 5.56 Å². The summed E-state index contributed by atoms with van der Waals surface area (Å²) in [6.45, 7) is -1.25. The van der Waals surface area contributed by atoms with E-state index in [4.69, 9.17) is 5.11 Å². The van der Waals surface area contributed by atoms with Crippen molar-refractivity contribution < 1.29 is 19.1 Å². The Balaban J connectivity index is 1.79. The van der Waals surface area contributed by atoms with Gasteiger partial charge in [0.05, 0.1) is 16.6 Å². The van der Waals surface area contributed by atoms with Crippen molar-refractivity contribution in [3.8, 4) is 0 Å². The van der Waals surface area contributed by atoms with Gasteiger partial charge in [-0.2, -0.15) is 0 Å². The van der Waals surface area contributed by atoms with Crippen molar-refractivity contribution >= 4 is 28.5 Å². The van der Waals surface area contributed by atoms with Crippen molar-refractivity contribution in [2.24, 2.45) is 0 Å². The molecule has 178 valence electrons. The number of aromatic nitrogens is 2. The summed E-state index contributed by atoms with van der Waals surface area (Å²) in [5, 5.41) is 14.2. The molecule has 2 saturated carbocycles. The maximum atomic E-state index is 15.0. The van der Waals surface area contributed by atoms with Crippen LogP contribution in [0.1, 0.15) is 63.8 Å². The molecule has 10 heteroatoms. The van der Waals surface area contributed by atoms with Gasteiger partial charge in [0.15, 0.2) is 0 Å². The zero-order chi connectivity index (χ0) is 23.5. The number of carboxylic acid groups (broad SMARTS) is 1. The molecule has 3 N–H and O–H groups in total. The molecule has 4 rings (SSSR count). The predicted octanol–water partition coefficient (Wildman–Crippen LogP) is 2.36. The Hall–Kier alpha value is -3.17. The van der Waals surface area contributed by atoms with E-state index >= 15 is 4.39 Å². The maximum absolute atomic E-state index is 15.0. The number of anilines is 1. The molecule has 0 bridgehead atoms. The molecule has 1 aromatic carbocycles. The first-order valence-corrected chi connectivity index (χ1v) is 11.6. The number of aliphatic carboxylic acids is 1. The number of benzene rings is 1. The van der Waals surface area contributed by atoms with Crippen LogP contribution in [-0.4, -0.2) is 38.7 Å². The van der Waals surface area contributed by atoms with Crippen molar-refractivity contribution in [1.82, 2.24) is 14.5 Å². The number of carbonyl (C=O) groups excluding carboxylic acids is 1. The summed E-state index contributed by atoms with van der Waals surface area (Å²) >= 11 is 0. The third-order valence-corrected chi connectivity index (χ3v) is 6.65. The van der Waals surface area contributed by atoms with E-state index in [2.05, 4.69) is 10.6 Å². The fourth-order valence-electron chi connectivity index (χ4n) is 5.00. The lowest BCUT2D eigenvalue weighted by Gasteiger charge is -2.25. The summed E-state index contributed by atoms with van der Waals surface area (Å²) in [5.41, 5.74) is -0.770. The number of nitrogens with one attached hydrogen (secondary N) is 2. The van der Waals surface area contributed by atoms with E-state index in [0.717, 1.165) is 62.0 Å². The van der Waals surface area contributed by atoms with Crippen LogP contribution in [-0.2, 0) is 16.1 Å². The first kappa shape index (κ1) is 23.0. The molecule has 1 amide bonds. The molecule has 0 saturated heterocycles. The molecule has 2 aromatic rings. The molecular weight excluding hydrogens is 431 g/mol. The van der Waals surface area contributed by atoms with Crippen LogP contribution >= 0.6 is 0 Å². The van der Waals surface area contributed by atoms with Crippen LogP contribution in [0.25, 0.3) is 10.9 Å². The first-order chi connectivity index (χ1) is 15.8. The standard InChI is InChI=1S/C23H29FN4O5/c24-17-10-16-19(11-18(17)26-14-6-2-1-3-7-14)28(15-8-4-5-9-15)23(33)27(22(16)32)13-20(29)25-12-21(30)31/h10-11,14-15,26H,1-9,12-13H2,(H,25,29)(H,30,31). The van der Waals surface area contributed by atoms with Gasteiger partial charge in [-0.25, -0.2) is 9.18 Å². The van der Waals surface area contributed by atoms with Gasteiger partial charge in [-0.1, -0.05) is 32.1 Å². The van der Waals surface area contributed by atoms with E-state index in [1.165, 1.54) is 11.0 Å². The number of hydrogen-bond acceptors (Lipinski definition) is 5. The Morgan fingerprint density at radius 3 is 2.36 bits per heavy atom. The molecule has 0 spiro atoms. The van der Waals surface area contributed by atoms with Gasteiger partial charge in [-0.15, -0.1) is 0 Å². The smallest absolute Gasteiger partial charge is 0.332 e. The molecule has 0 aliphatic heterocycles. The minimum absolute atomic E-state index is 0.0271. The molecule has 33 heavy (non-hydrogen) atoms. The number of carboxylic acids is 1. The summed E-state index contributed by atoms with van der Waals surface area (Å²) in [6.07, 6.45) is 8.58. The van der Waals surface area contributed by atoms with E-state index in [-0.39, 0.29) is 23.2 Å². The van der Waals surface area contributed by atoms with Crippen molar-refractivity contribution in [3.63, 3.8) is 0 Å². The lowest BCUT2D eigenvalue weighted by molar-refractivity contribution is -0.138. The average Bonchev–Trinajstić information content (AvgIpc) is 3.32. The van der Waals surface area contributed by atoms with Gasteiger partial charge in [0.1, 0.15) is 18.9 Å². The lowest BCUT2D eigenvalue weighted by Crippen LogP contribution is -2.45. The zero-order valence-corrected chi connectivity index (χ0v) is 18.4. The molecule has 2 fully saturated rings. The second kappa shape index (κ2) is 9.76. The number of rotatable bonds is 7. The summed E-state index contributed by atoms with van der Waals surface area (Å²) < 4.78 is 17.3. The Labute approximate surface area is 189 Å². The van der Waals surface area contributed by atoms with E-state index < -0.39 is 42.0 Å². The number of hydrogen-bond donors (Lipinski definition) is 3. The van der Waals surface area contributed by atoms with Crippen molar-refractivity contribution in [3.05, 3.63) is 38.8 Å². The summed E-state index contributed by atoms with van der Waals surface area (Å²) in [6, 6.07) is 2.69. The van der Waals surface area contributed by atoms with Crippen LogP contribution in [0.15, 0.2) is 21.7 Å². The van der Waals surface area contributed by atoms with Crippen LogP contribution in [0.4, 0.5) is 10.1 Å². The van der Waals surface area contributed by atoms with Crippen LogP contribution in [0, 0.1) is 5.82 Å². The maximum Gasteiger partial charge on any atom is 0.332 e. The average molecular weight is 461 g/mol. The number of fused-ring (bicyclic) bond motifs is 1. The Morgan fingerprint density at radius 2 is 1.70 bits per heavy atom. The highest BCUT2D eigenvalue weighted by Gasteiger charge is 2.25. The van der Waals surface area contributed by atoms with Gasteiger partial charge in [-0.05, 0) is 37.8 Å². The Morgan fingerprint density at radius 1 is 1.03 bits per heavy atom. The SMILES string of the molecule is O=C(O)CNC(=O)Cn1c(=O)c2cc(F)c(NC3CCCCC3)cc2n(C2CCCC2)c1=O. The molecule has 0 atom stereocenters. The molecule has 9 nitrogen and oxygen atoms in total. The zero-order valence-electron chi connectivity index (χ0n) is 18.4. The van der Waals surface area contributed by atoms with Gasteiger partial charge < -0.3 is 15.7 Å². The molecular formula is C23H29FN4O5. The van der Waals surface area contributed by atoms with Crippen molar-refractivity contribution in [2.45, 2.75) is 76.4 Å². The molecule has 2 aliphatic carbocycles. The van der Waals surface area contributed by atoms with Gasteiger partial charge in [0, 0.05) is 12.1 Å². The van der Waals surface area contributed by atoms with E-state index in [0.29, 0.717) is 5.52 Å². The van der Waals surface area contributed by atoms with Gasteiger partial charge >= 0.3 is 11.7 Å². The second-order valence-electron chi connectivity index (χ2n) is 8.98.